The van der Waals surface area contributed by atoms with Crippen molar-refractivity contribution >= 4 is 10.8 Å². The fraction of sp³-hybridized carbons (Fsp3) is 0.357. The van der Waals surface area contributed by atoms with Gasteiger partial charge in [0.25, 0.3) is 0 Å². The first kappa shape index (κ1) is 21.0. The fourth-order valence-electron chi connectivity index (χ4n) is 3.57. The summed E-state index contributed by atoms with van der Waals surface area (Å²) in [7, 11) is 0. The van der Waals surface area contributed by atoms with Gasteiger partial charge in [0.15, 0.2) is 0 Å². The van der Waals surface area contributed by atoms with Crippen LogP contribution in [0.4, 0.5) is 0 Å². The SMILES string of the molecule is CCCCCCCCc1ccc(C#Cc2ccc3cc(OCC)ccc3c2)cc1. The molecule has 0 radical (unpaired) electrons. The van der Waals surface area contributed by atoms with Crippen molar-refractivity contribution in [2.45, 2.75) is 58.8 Å². The first-order chi connectivity index (χ1) is 14.3. The molecule has 3 rings (SSSR count). The molecule has 0 aliphatic carbocycles. The van der Waals surface area contributed by atoms with Crippen molar-refractivity contribution < 1.29 is 4.74 Å². The van der Waals surface area contributed by atoms with E-state index in [1.54, 1.807) is 0 Å². The number of benzene rings is 3. The van der Waals surface area contributed by atoms with Crippen molar-refractivity contribution in [1.82, 2.24) is 0 Å². The minimum Gasteiger partial charge on any atom is -0.494 e. The molecule has 0 fully saturated rings. The molecule has 150 valence electrons. The van der Waals surface area contributed by atoms with Crippen molar-refractivity contribution in [3.8, 4) is 17.6 Å². The lowest BCUT2D eigenvalue weighted by Gasteiger charge is -2.05. The topological polar surface area (TPSA) is 9.23 Å². The largest absolute Gasteiger partial charge is 0.494 e. The Kier molecular flexibility index (Phi) is 8.20. The molecule has 0 unspecified atom stereocenters. The average molecular weight is 385 g/mol. The number of rotatable bonds is 9. The Morgan fingerprint density at radius 2 is 1.31 bits per heavy atom. The molecule has 0 aliphatic rings. The molecule has 0 amide bonds. The van der Waals surface area contributed by atoms with Gasteiger partial charge in [-0.05, 0) is 72.5 Å². The van der Waals surface area contributed by atoms with Gasteiger partial charge in [-0.3, -0.25) is 0 Å². The minimum absolute atomic E-state index is 0.687. The molecular formula is C28H32O. The van der Waals surface area contributed by atoms with Crippen LogP contribution in [-0.4, -0.2) is 6.61 Å². The second kappa shape index (κ2) is 11.3. The number of aryl methyl sites for hydroxylation is 1. The third kappa shape index (κ3) is 6.68. The standard InChI is InChI=1S/C28H32O/c1-3-5-6-7-8-9-10-23-11-13-24(14-12-23)15-16-25-17-18-27-22-28(29-4-2)20-19-26(27)21-25/h11-14,17-22H,3-10H2,1-2H3. The summed E-state index contributed by atoms with van der Waals surface area (Å²) in [6.45, 7) is 4.96. The highest BCUT2D eigenvalue weighted by atomic mass is 16.5. The summed E-state index contributed by atoms with van der Waals surface area (Å²) in [6, 6.07) is 21.3. The van der Waals surface area contributed by atoms with Gasteiger partial charge < -0.3 is 4.74 Å². The summed E-state index contributed by atoms with van der Waals surface area (Å²) >= 11 is 0. The number of hydrogen-bond acceptors (Lipinski definition) is 1. The lowest BCUT2D eigenvalue weighted by atomic mass is 10.0. The maximum atomic E-state index is 5.58. The molecule has 0 bridgehead atoms. The van der Waals surface area contributed by atoms with Crippen LogP contribution in [0.25, 0.3) is 10.8 Å². The van der Waals surface area contributed by atoms with Gasteiger partial charge in [0.2, 0.25) is 0 Å². The Bertz CT molecular complexity index is 957. The summed E-state index contributed by atoms with van der Waals surface area (Å²) in [5.41, 5.74) is 3.53. The zero-order valence-corrected chi connectivity index (χ0v) is 17.8. The van der Waals surface area contributed by atoms with Crippen LogP contribution in [0.3, 0.4) is 0 Å². The molecule has 0 aromatic heterocycles. The van der Waals surface area contributed by atoms with Gasteiger partial charge in [-0.15, -0.1) is 0 Å². The van der Waals surface area contributed by atoms with Crippen molar-refractivity contribution in [2.75, 3.05) is 6.61 Å². The Hall–Kier alpha value is -2.72. The van der Waals surface area contributed by atoms with E-state index in [1.807, 2.05) is 13.0 Å². The third-order valence-corrected chi connectivity index (χ3v) is 5.25. The number of fused-ring (bicyclic) bond motifs is 1. The van der Waals surface area contributed by atoms with Gasteiger partial charge in [0.1, 0.15) is 5.75 Å². The quantitative estimate of drug-likeness (QED) is 0.273. The molecule has 1 nitrogen and oxygen atoms in total. The lowest BCUT2D eigenvalue weighted by molar-refractivity contribution is 0.341. The molecule has 0 saturated carbocycles. The molecule has 0 saturated heterocycles. The molecular weight excluding hydrogens is 352 g/mol. The van der Waals surface area contributed by atoms with E-state index in [1.165, 1.54) is 61.3 Å². The zero-order valence-electron chi connectivity index (χ0n) is 17.8. The van der Waals surface area contributed by atoms with Crippen molar-refractivity contribution in [3.05, 3.63) is 77.4 Å². The predicted molar refractivity (Wildman–Crippen MR) is 125 cm³/mol. The Morgan fingerprint density at radius 3 is 2.10 bits per heavy atom. The summed E-state index contributed by atoms with van der Waals surface area (Å²) in [6.07, 6.45) is 9.25. The van der Waals surface area contributed by atoms with E-state index in [-0.39, 0.29) is 0 Å². The van der Waals surface area contributed by atoms with E-state index in [4.69, 9.17) is 4.74 Å². The Morgan fingerprint density at radius 1 is 0.655 bits per heavy atom. The number of unbranched alkanes of at least 4 members (excludes halogenated alkanes) is 5. The van der Waals surface area contributed by atoms with E-state index in [0.717, 1.165) is 16.9 Å². The Balaban J connectivity index is 1.57. The Labute approximate surface area is 176 Å². The fourth-order valence-corrected chi connectivity index (χ4v) is 3.57. The highest BCUT2D eigenvalue weighted by Gasteiger charge is 1.99. The van der Waals surface area contributed by atoms with E-state index >= 15 is 0 Å². The van der Waals surface area contributed by atoms with Crippen LogP contribution in [0.2, 0.25) is 0 Å². The number of hydrogen-bond donors (Lipinski definition) is 0. The molecule has 0 aliphatic heterocycles. The van der Waals surface area contributed by atoms with E-state index in [0.29, 0.717) is 6.61 Å². The van der Waals surface area contributed by atoms with Gasteiger partial charge in [-0.1, -0.05) is 75.1 Å². The van der Waals surface area contributed by atoms with Crippen LogP contribution in [0, 0.1) is 11.8 Å². The molecule has 1 heteroatoms. The minimum atomic E-state index is 0.687. The molecule has 0 heterocycles. The van der Waals surface area contributed by atoms with Crippen LogP contribution >= 0.6 is 0 Å². The monoisotopic (exact) mass is 384 g/mol. The van der Waals surface area contributed by atoms with Crippen molar-refractivity contribution in [2.24, 2.45) is 0 Å². The molecule has 0 spiro atoms. The molecule has 29 heavy (non-hydrogen) atoms. The van der Waals surface area contributed by atoms with Crippen LogP contribution in [0.1, 0.15) is 69.1 Å². The molecule has 0 atom stereocenters. The van der Waals surface area contributed by atoms with Crippen LogP contribution in [0.15, 0.2) is 60.7 Å². The molecule has 3 aromatic rings. The third-order valence-electron chi connectivity index (χ3n) is 5.25. The zero-order chi connectivity index (χ0) is 20.3. The van der Waals surface area contributed by atoms with Crippen LogP contribution in [0.5, 0.6) is 5.75 Å². The van der Waals surface area contributed by atoms with Gasteiger partial charge in [-0.25, -0.2) is 0 Å². The van der Waals surface area contributed by atoms with E-state index < -0.39 is 0 Å². The summed E-state index contributed by atoms with van der Waals surface area (Å²) in [5, 5.41) is 2.37. The molecule has 0 N–H and O–H groups in total. The summed E-state index contributed by atoms with van der Waals surface area (Å²) in [5.74, 6) is 7.52. The highest BCUT2D eigenvalue weighted by molar-refractivity contribution is 5.85. The number of ether oxygens (including phenoxy) is 1. The first-order valence-electron chi connectivity index (χ1n) is 11.1. The van der Waals surface area contributed by atoms with E-state index in [2.05, 4.69) is 73.4 Å². The normalized spacial score (nSPS) is 10.6. The highest BCUT2D eigenvalue weighted by Crippen LogP contribution is 2.22. The molecule has 3 aromatic carbocycles. The van der Waals surface area contributed by atoms with Crippen LogP contribution < -0.4 is 4.74 Å². The second-order valence-corrected chi connectivity index (χ2v) is 7.62. The summed E-state index contributed by atoms with van der Waals surface area (Å²) in [4.78, 5) is 0. The van der Waals surface area contributed by atoms with Crippen molar-refractivity contribution in [3.63, 3.8) is 0 Å². The van der Waals surface area contributed by atoms with Crippen molar-refractivity contribution in [1.29, 1.82) is 0 Å². The second-order valence-electron chi connectivity index (χ2n) is 7.62. The summed E-state index contributed by atoms with van der Waals surface area (Å²) < 4.78 is 5.58. The predicted octanol–water partition coefficient (Wildman–Crippen LogP) is 7.54. The van der Waals surface area contributed by atoms with Gasteiger partial charge in [-0.2, -0.15) is 0 Å². The van der Waals surface area contributed by atoms with Gasteiger partial charge in [0, 0.05) is 11.1 Å². The van der Waals surface area contributed by atoms with E-state index in [9.17, 15) is 0 Å². The average Bonchev–Trinajstić information content (AvgIpc) is 2.75. The van der Waals surface area contributed by atoms with Gasteiger partial charge in [0.05, 0.1) is 6.61 Å². The van der Waals surface area contributed by atoms with Gasteiger partial charge >= 0.3 is 0 Å². The maximum absolute atomic E-state index is 5.58. The first-order valence-corrected chi connectivity index (χ1v) is 11.1. The lowest BCUT2D eigenvalue weighted by Crippen LogP contribution is -1.90. The van der Waals surface area contributed by atoms with Crippen LogP contribution in [-0.2, 0) is 6.42 Å². The maximum Gasteiger partial charge on any atom is 0.119 e. The smallest absolute Gasteiger partial charge is 0.119 e.